The first-order valence-electron chi connectivity index (χ1n) is 8.98. The zero-order valence-corrected chi connectivity index (χ0v) is 16.9. The van der Waals surface area contributed by atoms with Crippen LogP contribution in [0.25, 0.3) is 10.1 Å². The molecule has 0 spiro atoms. The summed E-state index contributed by atoms with van der Waals surface area (Å²) in [5.74, 6) is -0.453. The summed E-state index contributed by atoms with van der Waals surface area (Å²) >= 11 is 1.34. The Morgan fingerprint density at radius 3 is 2.85 bits per heavy atom. The van der Waals surface area contributed by atoms with E-state index < -0.39 is 0 Å². The van der Waals surface area contributed by atoms with E-state index in [1.807, 2.05) is 11.0 Å². The van der Waals surface area contributed by atoms with E-state index in [4.69, 9.17) is 5.73 Å². The number of piperidine rings is 1. The molecule has 0 bridgehead atoms. The van der Waals surface area contributed by atoms with Crippen LogP contribution in [0.4, 0.5) is 4.39 Å². The Bertz CT molecular complexity index is 827. The minimum absolute atomic E-state index is 0. The second kappa shape index (κ2) is 9.48. The molecule has 0 radical (unpaired) electrons. The maximum atomic E-state index is 14.1. The zero-order chi connectivity index (χ0) is 18.7. The summed E-state index contributed by atoms with van der Waals surface area (Å²) in [7, 11) is 0. The van der Waals surface area contributed by atoms with Crippen LogP contribution < -0.4 is 11.1 Å². The van der Waals surface area contributed by atoms with Gasteiger partial charge in [0, 0.05) is 42.2 Å². The van der Waals surface area contributed by atoms with E-state index in [9.17, 15) is 14.0 Å². The van der Waals surface area contributed by atoms with Crippen molar-refractivity contribution in [3.63, 3.8) is 0 Å². The molecule has 1 fully saturated rings. The summed E-state index contributed by atoms with van der Waals surface area (Å²) in [6, 6.07) is 4.89. The maximum Gasteiger partial charge on any atom is 0.264 e. The number of fused-ring (bicyclic) bond motifs is 1. The van der Waals surface area contributed by atoms with Crippen LogP contribution in [0.5, 0.6) is 0 Å². The second-order valence-electron chi connectivity index (χ2n) is 6.66. The molecule has 27 heavy (non-hydrogen) atoms. The van der Waals surface area contributed by atoms with Gasteiger partial charge in [-0.1, -0.05) is 6.07 Å². The Balaban J connectivity index is 0.00000261. The third kappa shape index (κ3) is 4.59. The van der Waals surface area contributed by atoms with E-state index in [1.54, 1.807) is 13.0 Å². The van der Waals surface area contributed by atoms with Crippen LogP contribution in [-0.4, -0.2) is 42.4 Å². The number of likely N-dealkylation sites (tertiary alicyclic amines) is 1. The van der Waals surface area contributed by atoms with Gasteiger partial charge in [0.1, 0.15) is 5.82 Å². The minimum Gasteiger partial charge on any atom is -0.354 e. The predicted molar refractivity (Wildman–Crippen MR) is 109 cm³/mol. The van der Waals surface area contributed by atoms with Crippen molar-refractivity contribution in [1.82, 2.24) is 10.2 Å². The molecular weight excluding hydrogens is 389 g/mol. The number of thiophene rings is 1. The number of halogens is 2. The van der Waals surface area contributed by atoms with Crippen LogP contribution in [0, 0.1) is 12.7 Å². The summed E-state index contributed by atoms with van der Waals surface area (Å²) in [6.07, 6.45) is 3.11. The van der Waals surface area contributed by atoms with Crippen LogP contribution in [0.1, 0.15) is 40.9 Å². The molecule has 3 rings (SSSR count). The molecule has 8 heteroatoms. The Morgan fingerprint density at radius 1 is 1.37 bits per heavy atom. The lowest BCUT2D eigenvalue weighted by Crippen LogP contribution is -2.49. The molecule has 3 N–H and O–H groups in total. The predicted octanol–water partition coefficient (Wildman–Crippen LogP) is 3.23. The summed E-state index contributed by atoms with van der Waals surface area (Å²) in [6.45, 7) is 3.21. The minimum atomic E-state index is -0.292. The molecule has 2 aromatic rings. The summed E-state index contributed by atoms with van der Waals surface area (Å²) in [5, 5.41) is 3.40. The van der Waals surface area contributed by atoms with Crippen LogP contribution in [0.15, 0.2) is 18.2 Å². The van der Waals surface area contributed by atoms with Crippen LogP contribution in [-0.2, 0) is 4.79 Å². The Labute approximate surface area is 168 Å². The fraction of sp³-hybridized carbons (Fsp3) is 0.474. The molecule has 0 saturated carbocycles. The molecule has 1 aliphatic heterocycles. The zero-order valence-electron chi connectivity index (χ0n) is 15.3. The maximum absolute atomic E-state index is 14.1. The van der Waals surface area contributed by atoms with Gasteiger partial charge in [-0.2, -0.15) is 0 Å². The monoisotopic (exact) mass is 413 g/mol. The number of carbonyl (C=O) groups is 2. The van der Waals surface area contributed by atoms with E-state index in [-0.39, 0.29) is 42.5 Å². The average Bonchev–Trinajstić information content (AvgIpc) is 2.98. The molecule has 2 heterocycles. The molecule has 1 aliphatic rings. The molecule has 1 unspecified atom stereocenters. The summed E-state index contributed by atoms with van der Waals surface area (Å²) in [5.41, 5.74) is 6.10. The lowest BCUT2D eigenvalue weighted by Gasteiger charge is -2.35. The second-order valence-corrected chi connectivity index (χ2v) is 7.71. The number of nitrogens with one attached hydrogen (secondary N) is 1. The standard InChI is InChI=1S/C19H24FN3O2S.ClH/c1-12-17-14(20)6-4-7-15(17)26-18(12)19(25)23-10-3-2-5-13(23)11-22-16(24)8-9-21;/h4,6-7,13H,2-3,5,8-11,21H2,1H3,(H,22,24);1H. The lowest BCUT2D eigenvalue weighted by molar-refractivity contribution is -0.121. The third-order valence-corrected chi connectivity index (χ3v) is 6.14. The van der Waals surface area contributed by atoms with Gasteiger partial charge in [0.05, 0.1) is 4.88 Å². The molecule has 5 nitrogen and oxygen atoms in total. The Hall–Kier alpha value is -1.70. The van der Waals surface area contributed by atoms with Crippen LogP contribution >= 0.6 is 23.7 Å². The lowest BCUT2D eigenvalue weighted by atomic mass is 10.0. The molecule has 0 aliphatic carbocycles. The molecule has 1 aromatic heterocycles. The van der Waals surface area contributed by atoms with Gasteiger partial charge in [-0.3, -0.25) is 9.59 Å². The van der Waals surface area contributed by atoms with Gasteiger partial charge < -0.3 is 16.0 Å². The fourth-order valence-corrected chi connectivity index (χ4v) is 4.70. The van der Waals surface area contributed by atoms with Gasteiger partial charge in [0.2, 0.25) is 5.91 Å². The van der Waals surface area contributed by atoms with Crippen LogP contribution in [0.3, 0.4) is 0 Å². The number of nitrogens with two attached hydrogens (primary N) is 1. The Morgan fingerprint density at radius 2 is 2.15 bits per heavy atom. The van der Waals surface area contributed by atoms with Crippen molar-refractivity contribution in [2.45, 2.75) is 38.6 Å². The number of nitrogens with zero attached hydrogens (tertiary/aromatic N) is 1. The van der Waals surface area contributed by atoms with Gasteiger partial charge >= 0.3 is 0 Å². The highest BCUT2D eigenvalue weighted by atomic mass is 35.5. The number of carbonyl (C=O) groups excluding carboxylic acids is 2. The van der Waals surface area contributed by atoms with Crippen molar-refractivity contribution in [3.8, 4) is 0 Å². The van der Waals surface area contributed by atoms with E-state index in [0.29, 0.717) is 35.5 Å². The van der Waals surface area contributed by atoms with Crippen molar-refractivity contribution in [3.05, 3.63) is 34.5 Å². The largest absolute Gasteiger partial charge is 0.354 e. The Kier molecular flexibility index (Phi) is 7.59. The van der Waals surface area contributed by atoms with E-state index in [0.717, 1.165) is 24.0 Å². The number of amides is 2. The quantitative estimate of drug-likeness (QED) is 0.790. The SMILES string of the molecule is Cc1c(C(=O)N2CCCCC2CNC(=O)CCN)sc2cccc(F)c12.Cl. The number of hydrogen-bond acceptors (Lipinski definition) is 4. The first kappa shape index (κ1) is 21.6. The first-order chi connectivity index (χ1) is 12.5. The molecule has 1 saturated heterocycles. The van der Waals surface area contributed by atoms with Gasteiger partial charge in [0.25, 0.3) is 5.91 Å². The molecule has 2 amide bonds. The van der Waals surface area contributed by atoms with Gasteiger partial charge in [0.15, 0.2) is 0 Å². The topological polar surface area (TPSA) is 75.4 Å². The molecular formula is C19H25ClFN3O2S. The van der Waals surface area contributed by atoms with Gasteiger partial charge in [-0.05, 0) is 43.9 Å². The van der Waals surface area contributed by atoms with Gasteiger partial charge in [-0.15, -0.1) is 23.7 Å². The normalized spacial score (nSPS) is 16.9. The first-order valence-corrected chi connectivity index (χ1v) is 9.80. The average molecular weight is 414 g/mol. The number of benzene rings is 1. The van der Waals surface area contributed by atoms with Crippen LogP contribution in [0.2, 0.25) is 0 Å². The molecule has 1 atom stereocenters. The van der Waals surface area contributed by atoms with E-state index in [1.165, 1.54) is 17.4 Å². The van der Waals surface area contributed by atoms with E-state index in [2.05, 4.69) is 5.32 Å². The number of rotatable bonds is 5. The van der Waals surface area contributed by atoms with Gasteiger partial charge in [-0.25, -0.2) is 4.39 Å². The third-order valence-electron chi connectivity index (χ3n) is 4.89. The highest BCUT2D eigenvalue weighted by Gasteiger charge is 2.30. The van der Waals surface area contributed by atoms with Crippen molar-refractivity contribution in [2.75, 3.05) is 19.6 Å². The summed E-state index contributed by atoms with van der Waals surface area (Å²) in [4.78, 5) is 27.3. The number of hydrogen-bond donors (Lipinski definition) is 2. The molecule has 148 valence electrons. The smallest absolute Gasteiger partial charge is 0.264 e. The van der Waals surface area contributed by atoms with Crippen molar-refractivity contribution < 1.29 is 14.0 Å². The number of aryl methyl sites for hydroxylation is 1. The molecule has 1 aromatic carbocycles. The van der Waals surface area contributed by atoms with Crippen molar-refractivity contribution in [1.29, 1.82) is 0 Å². The van der Waals surface area contributed by atoms with E-state index >= 15 is 0 Å². The van der Waals surface area contributed by atoms with Crippen molar-refractivity contribution >= 4 is 45.6 Å². The highest BCUT2D eigenvalue weighted by Crippen LogP contribution is 2.34. The summed E-state index contributed by atoms with van der Waals surface area (Å²) < 4.78 is 14.9. The van der Waals surface area contributed by atoms with Crippen molar-refractivity contribution in [2.24, 2.45) is 5.73 Å². The highest BCUT2D eigenvalue weighted by molar-refractivity contribution is 7.21. The fourth-order valence-electron chi connectivity index (χ4n) is 3.52.